The quantitative estimate of drug-likeness (QED) is 0.913. The highest BCUT2D eigenvalue weighted by atomic mass is 19.4. The zero-order chi connectivity index (χ0) is 17.9. The SMILES string of the molecule is CO[C@@H]1C[C@H](C(=O)N(C)Cc2ccc(C(F)(F)F)cc2)CC[C@@H]1O. The van der Waals surface area contributed by atoms with Crippen molar-refractivity contribution in [1.29, 1.82) is 0 Å². The monoisotopic (exact) mass is 345 g/mol. The summed E-state index contributed by atoms with van der Waals surface area (Å²) in [6.07, 6.45) is -3.74. The van der Waals surface area contributed by atoms with Crippen LogP contribution in [0.2, 0.25) is 0 Å². The Balaban J connectivity index is 1.96. The molecule has 4 nitrogen and oxygen atoms in total. The summed E-state index contributed by atoms with van der Waals surface area (Å²) in [6.45, 7) is 0.244. The fourth-order valence-corrected chi connectivity index (χ4v) is 3.05. The van der Waals surface area contributed by atoms with Gasteiger partial charge >= 0.3 is 6.18 Å². The van der Waals surface area contributed by atoms with Crippen LogP contribution in [-0.2, 0) is 22.3 Å². The molecule has 134 valence electrons. The van der Waals surface area contributed by atoms with Crippen LogP contribution in [0.5, 0.6) is 0 Å². The second-order valence-corrected chi connectivity index (χ2v) is 6.24. The van der Waals surface area contributed by atoms with E-state index in [4.69, 9.17) is 4.74 Å². The zero-order valence-electron chi connectivity index (χ0n) is 13.7. The predicted octanol–water partition coefficient (Wildman–Crippen LogP) is 2.84. The van der Waals surface area contributed by atoms with E-state index in [1.165, 1.54) is 24.1 Å². The summed E-state index contributed by atoms with van der Waals surface area (Å²) in [6, 6.07) is 4.81. The number of carbonyl (C=O) groups is 1. The molecule has 0 radical (unpaired) electrons. The lowest BCUT2D eigenvalue weighted by molar-refractivity contribution is -0.140. The van der Waals surface area contributed by atoms with Crippen molar-refractivity contribution in [2.45, 2.75) is 44.2 Å². The molecule has 1 aliphatic carbocycles. The van der Waals surface area contributed by atoms with Crippen LogP contribution in [0.15, 0.2) is 24.3 Å². The third-order valence-electron chi connectivity index (χ3n) is 4.49. The van der Waals surface area contributed by atoms with E-state index < -0.39 is 17.8 Å². The van der Waals surface area contributed by atoms with E-state index in [0.717, 1.165) is 12.1 Å². The molecule has 1 aromatic carbocycles. The van der Waals surface area contributed by atoms with Crippen LogP contribution >= 0.6 is 0 Å². The molecule has 0 spiro atoms. The number of methoxy groups -OCH3 is 1. The summed E-state index contributed by atoms with van der Waals surface area (Å²) < 4.78 is 42.9. The van der Waals surface area contributed by atoms with Crippen molar-refractivity contribution in [3.05, 3.63) is 35.4 Å². The van der Waals surface area contributed by atoms with Gasteiger partial charge in [0.05, 0.1) is 17.8 Å². The lowest BCUT2D eigenvalue weighted by atomic mass is 9.84. The first kappa shape index (κ1) is 18.7. The Bertz CT molecular complexity index is 559. The Morgan fingerprint density at radius 3 is 2.46 bits per heavy atom. The molecular formula is C17H22F3NO3. The van der Waals surface area contributed by atoms with Crippen LogP contribution in [0.3, 0.4) is 0 Å². The number of alkyl halides is 3. The maximum atomic E-state index is 12.6. The molecule has 3 atom stereocenters. The maximum absolute atomic E-state index is 12.6. The molecule has 0 unspecified atom stereocenters. The third-order valence-corrected chi connectivity index (χ3v) is 4.49. The molecule has 7 heteroatoms. The Labute approximate surface area is 139 Å². The number of ether oxygens (including phenoxy) is 1. The Morgan fingerprint density at radius 1 is 1.29 bits per heavy atom. The minimum atomic E-state index is -4.36. The number of halogens is 3. The Morgan fingerprint density at radius 2 is 1.92 bits per heavy atom. The first-order valence-electron chi connectivity index (χ1n) is 7.84. The summed E-state index contributed by atoms with van der Waals surface area (Å²) in [5.41, 5.74) is -0.0672. The van der Waals surface area contributed by atoms with Crippen LogP contribution in [0, 0.1) is 5.92 Å². The molecule has 0 saturated heterocycles. The number of amides is 1. The van der Waals surface area contributed by atoms with E-state index in [0.29, 0.717) is 24.8 Å². The minimum Gasteiger partial charge on any atom is -0.390 e. The lowest BCUT2D eigenvalue weighted by Gasteiger charge is -2.33. The standard InChI is InChI=1S/C17H22F3NO3/c1-21(10-11-3-6-13(7-4-11)17(18,19)20)16(23)12-5-8-14(22)15(9-12)24-2/h3-4,6-7,12,14-15,22H,5,8-10H2,1-2H3/t12-,14+,15-/m1/s1. The van der Waals surface area contributed by atoms with Crippen molar-refractivity contribution in [3.8, 4) is 0 Å². The molecule has 0 aromatic heterocycles. The molecule has 1 saturated carbocycles. The Kier molecular flexibility index (Phi) is 5.87. The average molecular weight is 345 g/mol. The molecule has 1 aliphatic rings. The summed E-state index contributed by atoms with van der Waals surface area (Å²) in [4.78, 5) is 14.0. The molecule has 1 fully saturated rings. The van der Waals surface area contributed by atoms with Gasteiger partial charge < -0.3 is 14.7 Å². The van der Waals surface area contributed by atoms with Crippen molar-refractivity contribution in [3.63, 3.8) is 0 Å². The van der Waals surface area contributed by atoms with Gasteiger partial charge in [-0.25, -0.2) is 0 Å². The van der Waals surface area contributed by atoms with Gasteiger partial charge in [0.15, 0.2) is 0 Å². The van der Waals surface area contributed by atoms with Gasteiger partial charge in [0, 0.05) is 26.6 Å². The Hall–Kier alpha value is -1.60. The number of aliphatic hydroxyl groups excluding tert-OH is 1. The fraction of sp³-hybridized carbons (Fsp3) is 0.588. The first-order valence-corrected chi connectivity index (χ1v) is 7.84. The summed E-state index contributed by atoms with van der Waals surface area (Å²) >= 11 is 0. The van der Waals surface area contributed by atoms with Crippen molar-refractivity contribution in [2.75, 3.05) is 14.2 Å². The molecular weight excluding hydrogens is 323 g/mol. The van der Waals surface area contributed by atoms with E-state index >= 15 is 0 Å². The van der Waals surface area contributed by atoms with E-state index in [2.05, 4.69) is 0 Å². The number of aliphatic hydroxyl groups is 1. The highest BCUT2D eigenvalue weighted by Gasteiger charge is 2.34. The first-order chi connectivity index (χ1) is 11.2. The number of rotatable bonds is 4. The van der Waals surface area contributed by atoms with Gasteiger partial charge in [0.25, 0.3) is 0 Å². The molecule has 1 amide bonds. The largest absolute Gasteiger partial charge is 0.416 e. The summed E-state index contributed by atoms with van der Waals surface area (Å²) in [5.74, 6) is -0.318. The van der Waals surface area contributed by atoms with Crippen LogP contribution in [0.4, 0.5) is 13.2 Å². The molecule has 24 heavy (non-hydrogen) atoms. The molecule has 0 heterocycles. The van der Waals surface area contributed by atoms with E-state index in [-0.39, 0.29) is 24.5 Å². The van der Waals surface area contributed by atoms with Gasteiger partial charge in [-0.1, -0.05) is 12.1 Å². The van der Waals surface area contributed by atoms with Crippen LogP contribution < -0.4 is 0 Å². The molecule has 2 rings (SSSR count). The molecule has 0 bridgehead atoms. The van der Waals surface area contributed by atoms with E-state index in [1.807, 2.05) is 0 Å². The highest BCUT2D eigenvalue weighted by Crippen LogP contribution is 2.30. The van der Waals surface area contributed by atoms with Crippen molar-refractivity contribution >= 4 is 5.91 Å². The van der Waals surface area contributed by atoms with Gasteiger partial charge in [0.1, 0.15) is 0 Å². The molecule has 0 aliphatic heterocycles. The third kappa shape index (κ3) is 4.48. The second-order valence-electron chi connectivity index (χ2n) is 6.24. The van der Waals surface area contributed by atoms with Crippen LogP contribution in [0.1, 0.15) is 30.4 Å². The average Bonchev–Trinajstić information content (AvgIpc) is 2.54. The zero-order valence-corrected chi connectivity index (χ0v) is 13.7. The normalized spacial score (nSPS) is 24.7. The van der Waals surface area contributed by atoms with Crippen molar-refractivity contribution in [2.24, 2.45) is 5.92 Å². The number of hydrogen-bond donors (Lipinski definition) is 1. The van der Waals surface area contributed by atoms with Gasteiger partial charge in [-0.15, -0.1) is 0 Å². The lowest BCUT2D eigenvalue weighted by Crippen LogP contribution is -2.41. The smallest absolute Gasteiger partial charge is 0.390 e. The van der Waals surface area contributed by atoms with Gasteiger partial charge in [-0.05, 0) is 37.0 Å². The predicted molar refractivity (Wildman–Crippen MR) is 82.1 cm³/mol. The van der Waals surface area contributed by atoms with Gasteiger partial charge in [-0.3, -0.25) is 4.79 Å². The maximum Gasteiger partial charge on any atom is 0.416 e. The number of hydrogen-bond acceptors (Lipinski definition) is 3. The van der Waals surface area contributed by atoms with Gasteiger partial charge in [-0.2, -0.15) is 13.2 Å². The van der Waals surface area contributed by atoms with E-state index in [9.17, 15) is 23.1 Å². The second kappa shape index (κ2) is 7.53. The number of carbonyl (C=O) groups excluding carboxylic acids is 1. The summed E-state index contributed by atoms with van der Waals surface area (Å²) in [5, 5.41) is 9.79. The highest BCUT2D eigenvalue weighted by molar-refractivity contribution is 5.78. The van der Waals surface area contributed by atoms with Crippen LogP contribution in [-0.4, -0.2) is 42.3 Å². The number of nitrogens with zero attached hydrogens (tertiary/aromatic N) is 1. The number of benzene rings is 1. The van der Waals surface area contributed by atoms with Crippen molar-refractivity contribution < 1.29 is 27.8 Å². The summed E-state index contributed by atoms with van der Waals surface area (Å²) in [7, 11) is 3.14. The van der Waals surface area contributed by atoms with Gasteiger partial charge in [0.2, 0.25) is 5.91 Å². The molecule has 1 N–H and O–H groups in total. The van der Waals surface area contributed by atoms with E-state index in [1.54, 1.807) is 7.05 Å². The van der Waals surface area contributed by atoms with Crippen LogP contribution in [0.25, 0.3) is 0 Å². The molecule has 1 aromatic rings. The topological polar surface area (TPSA) is 49.8 Å². The fourth-order valence-electron chi connectivity index (χ4n) is 3.05. The minimum absolute atomic E-state index is 0.0798. The van der Waals surface area contributed by atoms with Crippen molar-refractivity contribution in [1.82, 2.24) is 4.90 Å².